The van der Waals surface area contributed by atoms with Crippen LogP contribution in [0.4, 0.5) is 0 Å². The van der Waals surface area contributed by atoms with Crippen molar-refractivity contribution in [1.29, 1.82) is 0 Å². The lowest BCUT2D eigenvalue weighted by Gasteiger charge is -2.34. The second kappa shape index (κ2) is 9.50. The highest BCUT2D eigenvalue weighted by molar-refractivity contribution is 5.92. The zero-order valence-electron chi connectivity index (χ0n) is 14.9. The number of hydrogen-bond acceptors (Lipinski definition) is 4. The third-order valence-electron chi connectivity index (χ3n) is 4.49. The Bertz CT molecular complexity index is 773. The first kappa shape index (κ1) is 20.1. The van der Waals surface area contributed by atoms with Gasteiger partial charge in [0.2, 0.25) is 0 Å². The van der Waals surface area contributed by atoms with E-state index in [1.165, 1.54) is 16.8 Å². The van der Waals surface area contributed by atoms with Gasteiger partial charge in [-0.1, -0.05) is 25.1 Å². The second-order valence-electron chi connectivity index (χ2n) is 6.28. The van der Waals surface area contributed by atoms with Crippen LogP contribution in [0, 0.1) is 0 Å². The first-order chi connectivity index (χ1) is 12.2. The van der Waals surface area contributed by atoms with Gasteiger partial charge in [-0.2, -0.15) is 9.78 Å². The normalized spacial score (nSPS) is 14.5. The van der Waals surface area contributed by atoms with Crippen LogP contribution in [-0.2, 0) is 0 Å². The van der Waals surface area contributed by atoms with E-state index < -0.39 is 0 Å². The second-order valence-corrected chi connectivity index (χ2v) is 6.28. The molecule has 0 aliphatic carbocycles. The van der Waals surface area contributed by atoms with Gasteiger partial charge in [0.1, 0.15) is 5.69 Å². The lowest BCUT2D eigenvalue weighted by Crippen LogP contribution is -2.47. The molecule has 1 aromatic carbocycles. The summed E-state index contributed by atoms with van der Waals surface area (Å²) in [6.45, 7) is 4.62. The Morgan fingerprint density at radius 1 is 1.19 bits per heavy atom. The molecular weight excluding hydrogens is 352 g/mol. The van der Waals surface area contributed by atoms with Gasteiger partial charge >= 0.3 is 0 Å². The summed E-state index contributed by atoms with van der Waals surface area (Å²) in [6.07, 6.45) is 2.79. The van der Waals surface area contributed by atoms with Gasteiger partial charge in [0.25, 0.3) is 11.5 Å². The molecule has 140 valence electrons. The number of nitrogens with zero attached hydrogens (tertiary/aromatic N) is 3. The molecule has 3 rings (SSSR count). The van der Waals surface area contributed by atoms with Crippen LogP contribution in [0.2, 0.25) is 0 Å². The minimum atomic E-state index is -0.244. The number of halogens is 1. The Balaban J connectivity index is 0.00000243. The topological polar surface area (TPSA) is 67.2 Å². The molecule has 6 nitrogen and oxygen atoms in total. The van der Waals surface area contributed by atoms with E-state index in [4.69, 9.17) is 0 Å². The summed E-state index contributed by atoms with van der Waals surface area (Å²) in [5.74, 6) is -0.0987. The lowest BCUT2D eigenvalue weighted by molar-refractivity contribution is 0.0634. The maximum Gasteiger partial charge on any atom is 0.274 e. The molecule has 0 atom stereocenters. The van der Waals surface area contributed by atoms with Crippen LogP contribution < -0.4 is 10.9 Å². The molecule has 1 fully saturated rings. The number of aromatic nitrogens is 2. The van der Waals surface area contributed by atoms with Crippen molar-refractivity contribution in [2.75, 3.05) is 19.6 Å². The van der Waals surface area contributed by atoms with Crippen LogP contribution in [0.3, 0.4) is 0 Å². The molecule has 2 heterocycles. The van der Waals surface area contributed by atoms with Gasteiger partial charge in [0, 0.05) is 18.7 Å². The summed E-state index contributed by atoms with van der Waals surface area (Å²) in [5, 5.41) is 7.67. The van der Waals surface area contributed by atoms with Gasteiger partial charge < -0.3 is 10.2 Å². The summed E-state index contributed by atoms with van der Waals surface area (Å²) in [7, 11) is 0. The van der Waals surface area contributed by atoms with Gasteiger partial charge in [-0.15, -0.1) is 12.4 Å². The number of amides is 1. The van der Waals surface area contributed by atoms with Gasteiger partial charge in [0.05, 0.1) is 5.69 Å². The minimum Gasteiger partial charge on any atom is -0.334 e. The molecule has 0 unspecified atom stereocenters. The summed E-state index contributed by atoms with van der Waals surface area (Å²) in [4.78, 5) is 27.1. The van der Waals surface area contributed by atoms with Crippen LogP contribution in [0.5, 0.6) is 0 Å². The molecule has 0 saturated carbocycles. The molecule has 1 saturated heterocycles. The smallest absolute Gasteiger partial charge is 0.274 e. The molecule has 0 radical (unpaired) electrons. The van der Waals surface area contributed by atoms with Crippen molar-refractivity contribution in [2.45, 2.75) is 32.2 Å². The summed E-state index contributed by atoms with van der Waals surface area (Å²) >= 11 is 0. The average molecular weight is 377 g/mol. The average Bonchev–Trinajstić information content (AvgIpc) is 2.67. The van der Waals surface area contributed by atoms with Crippen molar-refractivity contribution < 1.29 is 4.79 Å². The molecule has 1 aromatic heterocycles. The van der Waals surface area contributed by atoms with Crippen LogP contribution in [-0.4, -0.2) is 46.3 Å². The fourth-order valence-corrected chi connectivity index (χ4v) is 3.24. The van der Waals surface area contributed by atoms with E-state index in [-0.39, 0.29) is 29.9 Å². The summed E-state index contributed by atoms with van der Waals surface area (Å²) in [6, 6.07) is 12.4. The van der Waals surface area contributed by atoms with Crippen molar-refractivity contribution >= 4 is 18.3 Å². The van der Waals surface area contributed by atoms with Gasteiger partial charge in [-0.3, -0.25) is 9.59 Å². The number of nitrogens with one attached hydrogen (secondary N) is 1. The Labute approximate surface area is 159 Å². The largest absolute Gasteiger partial charge is 0.334 e. The van der Waals surface area contributed by atoms with Crippen LogP contribution in [0.1, 0.15) is 36.7 Å². The highest BCUT2D eigenvalue weighted by atomic mass is 35.5. The maximum absolute atomic E-state index is 13.1. The SMILES string of the molecule is CCCN(C(=O)c1ccc(=O)n(-c2ccccc2)n1)C1CCNCC1.Cl. The molecule has 0 spiro atoms. The number of carbonyl (C=O) groups is 1. The van der Waals surface area contributed by atoms with Gasteiger partial charge in [-0.25, -0.2) is 0 Å². The van der Waals surface area contributed by atoms with E-state index in [1.807, 2.05) is 23.1 Å². The van der Waals surface area contributed by atoms with E-state index in [0.717, 1.165) is 32.4 Å². The lowest BCUT2D eigenvalue weighted by atomic mass is 10.0. The number of piperidine rings is 1. The highest BCUT2D eigenvalue weighted by Crippen LogP contribution is 2.15. The predicted octanol–water partition coefficient (Wildman–Crippen LogP) is 2.26. The minimum absolute atomic E-state index is 0. The highest BCUT2D eigenvalue weighted by Gasteiger charge is 2.26. The molecule has 1 aliphatic heterocycles. The quantitative estimate of drug-likeness (QED) is 0.869. The van der Waals surface area contributed by atoms with E-state index in [2.05, 4.69) is 17.3 Å². The number of benzene rings is 1. The van der Waals surface area contributed by atoms with Crippen molar-refractivity contribution in [3.8, 4) is 5.69 Å². The van der Waals surface area contributed by atoms with Crippen LogP contribution in [0.25, 0.3) is 5.69 Å². The van der Waals surface area contributed by atoms with E-state index >= 15 is 0 Å². The van der Waals surface area contributed by atoms with Crippen molar-refractivity contribution in [1.82, 2.24) is 20.0 Å². The Morgan fingerprint density at radius 3 is 2.54 bits per heavy atom. The van der Waals surface area contributed by atoms with Gasteiger partial charge in [-0.05, 0) is 50.6 Å². The summed E-state index contributed by atoms with van der Waals surface area (Å²) < 4.78 is 1.29. The molecule has 1 aliphatic rings. The van der Waals surface area contributed by atoms with Gasteiger partial charge in [0.15, 0.2) is 0 Å². The molecule has 0 bridgehead atoms. The monoisotopic (exact) mass is 376 g/mol. The predicted molar refractivity (Wildman–Crippen MR) is 104 cm³/mol. The maximum atomic E-state index is 13.1. The molecule has 2 aromatic rings. The van der Waals surface area contributed by atoms with E-state index in [0.29, 0.717) is 17.9 Å². The number of carbonyl (C=O) groups excluding carboxylic acids is 1. The molecule has 26 heavy (non-hydrogen) atoms. The Kier molecular flexibility index (Phi) is 7.36. The molecule has 1 amide bonds. The zero-order chi connectivity index (χ0) is 17.6. The summed E-state index contributed by atoms with van der Waals surface area (Å²) in [5.41, 5.74) is 0.730. The van der Waals surface area contributed by atoms with E-state index in [9.17, 15) is 9.59 Å². The van der Waals surface area contributed by atoms with Crippen LogP contribution >= 0.6 is 12.4 Å². The number of para-hydroxylation sites is 1. The van der Waals surface area contributed by atoms with Crippen molar-refractivity contribution in [3.63, 3.8) is 0 Å². The Hall–Kier alpha value is -2.18. The fraction of sp³-hybridized carbons (Fsp3) is 0.421. The van der Waals surface area contributed by atoms with Crippen molar-refractivity contribution in [3.05, 3.63) is 58.5 Å². The third kappa shape index (κ3) is 4.51. The molecule has 1 N–H and O–H groups in total. The standard InChI is InChI=1S/C19H24N4O2.ClH/c1-2-14-22(15-10-12-20-13-11-15)19(25)17-8-9-18(24)23(21-17)16-6-4-3-5-7-16;/h3-9,15,20H,2,10-14H2,1H3;1H. The van der Waals surface area contributed by atoms with Crippen LogP contribution in [0.15, 0.2) is 47.3 Å². The van der Waals surface area contributed by atoms with E-state index in [1.54, 1.807) is 12.1 Å². The fourth-order valence-electron chi connectivity index (χ4n) is 3.24. The Morgan fingerprint density at radius 2 is 1.88 bits per heavy atom. The number of rotatable bonds is 5. The van der Waals surface area contributed by atoms with Crippen molar-refractivity contribution in [2.24, 2.45) is 0 Å². The number of hydrogen-bond donors (Lipinski definition) is 1. The molecular formula is C19H25ClN4O2. The first-order valence-corrected chi connectivity index (χ1v) is 8.88. The third-order valence-corrected chi connectivity index (χ3v) is 4.49. The zero-order valence-corrected chi connectivity index (χ0v) is 15.7. The molecule has 7 heteroatoms. The first-order valence-electron chi connectivity index (χ1n) is 8.88.